The Kier molecular flexibility index (Phi) is 7.36. The second-order valence-corrected chi connectivity index (χ2v) is 9.52. The van der Waals surface area contributed by atoms with Gasteiger partial charge in [-0.25, -0.2) is 0 Å². The van der Waals surface area contributed by atoms with Crippen LogP contribution in [0.3, 0.4) is 0 Å². The molecule has 1 aliphatic rings. The van der Waals surface area contributed by atoms with Crippen LogP contribution >= 0.6 is 11.6 Å². The number of carbonyl (C=O) groups is 1. The molecule has 1 saturated heterocycles. The molecule has 1 heterocycles. The van der Waals surface area contributed by atoms with Gasteiger partial charge in [0.05, 0.1) is 0 Å². The van der Waals surface area contributed by atoms with E-state index in [0.717, 1.165) is 43.5 Å². The number of hydrogen-bond donors (Lipinski definition) is 0. The molecule has 3 aromatic carbocycles. The fourth-order valence-electron chi connectivity index (χ4n) is 4.23. The lowest BCUT2D eigenvalue weighted by molar-refractivity contribution is -0.135. The number of nitrogens with zero attached hydrogens (tertiary/aromatic N) is 2. The zero-order valence-electron chi connectivity index (χ0n) is 19.3. The van der Waals surface area contributed by atoms with Crippen LogP contribution in [0.2, 0.25) is 5.02 Å². The largest absolute Gasteiger partial charge is 0.484 e. The van der Waals surface area contributed by atoms with Crippen LogP contribution in [-0.4, -0.2) is 48.5 Å². The molecule has 0 N–H and O–H groups in total. The zero-order valence-corrected chi connectivity index (χ0v) is 20.1. The summed E-state index contributed by atoms with van der Waals surface area (Å²) in [5.74, 6) is 0.757. The summed E-state index contributed by atoms with van der Waals surface area (Å²) in [4.78, 5) is 16.9. The van der Waals surface area contributed by atoms with Crippen molar-refractivity contribution in [3.05, 3.63) is 101 Å². The SMILES string of the molecule is CC(C)(c1ccccc1)c1ccc(OCC(=O)N2CCN(Cc3ccc(Cl)cc3)CC2)cc1. The highest BCUT2D eigenvalue weighted by Crippen LogP contribution is 2.32. The van der Waals surface area contributed by atoms with Crippen molar-refractivity contribution in [1.29, 1.82) is 0 Å². The number of benzene rings is 3. The highest BCUT2D eigenvalue weighted by molar-refractivity contribution is 6.30. The predicted octanol–water partition coefficient (Wildman–Crippen LogP) is 5.39. The number of halogens is 1. The summed E-state index contributed by atoms with van der Waals surface area (Å²) >= 11 is 5.97. The van der Waals surface area contributed by atoms with Gasteiger partial charge in [0.2, 0.25) is 0 Å². The Bertz CT molecular complexity index is 1040. The average Bonchev–Trinajstić information content (AvgIpc) is 2.85. The highest BCUT2D eigenvalue weighted by atomic mass is 35.5. The van der Waals surface area contributed by atoms with E-state index in [1.165, 1.54) is 16.7 Å². The van der Waals surface area contributed by atoms with Crippen molar-refractivity contribution in [2.45, 2.75) is 25.8 Å². The smallest absolute Gasteiger partial charge is 0.260 e. The number of amides is 1. The van der Waals surface area contributed by atoms with Crippen LogP contribution < -0.4 is 4.74 Å². The maximum Gasteiger partial charge on any atom is 0.260 e. The predicted molar refractivity (Wildman–Crippen MR) is 134 cm³/mol. The lowest BCUT2D eigenvalue weighted by Crippen LogP contribution is -2.49. The third-order valence-electron chi connectivity index (χ3n) is 6.48. The van der Waals surface area contributed by atoms with Gasteiger partial charge in [-0.15, -0.1) is 0 Å². The molecule has 0 spiro atoms. The first-order valence-corrected chi connectivity index (χ1v) is 11.8. The summed E-state index contributed by atoms with van der Waals surface area (Å²) in [6, 6.07) is 26.5. The molecule has 5 heteroatoms. The van der Waals surface area contributed by atoms with E-state index in [1.807, 2.05) is 35.2 Å². The molecule has 0 atom stereocenters. The van der Waals surface area contributed by atoms with Crippen molar-refractivity contribution in [2.24, 2.45) is 0 Å². The number of piperazine rings is 1. The van der Waals surface area contributed by atoms with E-state index in [9.17, 15) is 4.79 Å². The normalized spacial score (nSPS) is 14.8. The molecule has 4 nitrogen and oxygen atoms in total. The van der Waals surface area contributed by atoms with Gasteiger partial charge in [-0.3, -0.25) is 9.69 Å². The molecule has 33 heavy (non-hydrogen) atoms. The quantitative estimate of drug-likeness (QED) is 0.472. The Labute approximate surface area is 201 Å². The summed E-state index contributed by atoms with van der Waals surface area (Å²) in [5, 5.41) is 0.753. The van der Waals surface area contributed by atoms with Crippen molar-refractivity contribution in [2.75, 3.05) is 32.8 Å². The first-order valence-electron chi connectivity index (χ1n) is 11.5. The van der Waals surface area contributed by atoms with Crippen molar-refractivity contribution >= 4 is 17.5 Å². The Hall–Kier alpha value is -2.82. The second kappa shape index (κ2) is 10.4. The topological polar surface area (TPSA) is 32.8 Å². The molecule has 172 valence electrons. The lowest BCUT2D eigenvalue weighted by atomic mass is 9.78. The molecule has 1 fully saturated rings. The Morgan fingerprint density at radius 2 is 1.45 bits per heavy atom. The Morgan fingerprint density at radius 3 is 2.09 bits per heavy atom. The summed E-state index contributed by atoms with van der Waals surface area (Å²) in [5.41, 5.74) is 3.62. The van der Waals surface area contributed by atoms with Crippen LogP contribution in [-0.2, 0) is 16.8 Å². The molecule has 0 unspecified atom stereocenters. The van der Waals surface area contributed by atoms with Crippen molar-refractivity contribution < 1.29 is 9.53 Å². The minimum absolute atomic E-state index is 0.0369. The van der Waals surface area contributed by atoms with Gasteiger partial charge in [0.25, 0.3) is 5.91 Å². The lowest BCUT2D eigenvalue weighted by Gasteiger charge is -2.34. The van der Waals surface area contributed by atoms with E-state index >= 15 is 0 Å². The van der Waals surface area contributed by atoms with Crippen molar-refractivity contribution in [3.63, 3.8) is 0 Å². The molecule has 3 aromatic rings. The molecule has 0 radical (unpaired) electrons. The third kappa shape index (κ3) is 5.95. The van der Waals surface area contributed by atoms with Gasteiger partial charge < -0.3 is 9.64 Å². The van der Waals surface area contributed by atoms with E-state index < -0.39 is 0 Å². The van der Waals surface area contributed by atoms with E-state index in [1.54, 1.807) is 0 Å². The van der Waals surface area contributed by atoms with Gasteiger partial charge in [-0.2, -0.15) is 0 Å². The van der Waals surface area contributed by atoms with Crippen LogP contribution in [0.5, 0.6) is 5.75 Å². The molecule has 1 aliphatic heterocycles. The number of ether oxygens (including phenoxy) is 1. The first-order chi connectivity index (χ1) is 15.9. The molecule has 0 aromatic heterocycles. The second-order valence-electron chi connectivity index (χ2n) is 9.09. The first kappa shape index (κ1) is 23.3. The van der Waals surface area contributed by atoms with E-state index in [-0.39, 0.29) is 17.9 Å². The Morgan fingerprint density at radius 1 is 0.848 bits per heavy atom. The van der Waals surface area contributed by atoms with Crippen molar-refractivity contribution in [3.8, 4) is 5.75 Å². The monoisotopic (exact) mass is 462 g/mol. The van der Waals surface area contributed by atoms with Gasteiger partial charge in [-0.05, 0) is 41.0 Å². The van der Waals surface area contributed by atoms with Crippen LogP contribution in [0.25, 0.3) is 0 Å². The van der Waals surface area contributed by atoms with Crippen LogP contribution in [0, 0.1) is 0 Å². The van der Waals surface area contributed by atoms with Gasteiger partial charge >= 0.3 is 0 Å². The highest BCUT2D eigenvalue weighted by Gasteiger charge is 2.23. The zero-order chi connectivity index (χ0) is 23.3. The molecule has 0 saturated carbocycles. The molecule has 1 amide bonds. The summed E-state index contributed by atoms with van der Waals surface area (Å²) in [7, 11) is 0. The van der Waals surface area contributed by atoms with E-state index in [2.05, 4.69) is 67.3 Å². The fourth-order valence-corrected chi connectivity index (χ4v) is 4.36. The fraction of sp³-hybridized carbons (Fsp3) is 0.321. The molecule has 4 rings (SSSR count). The average molecular weight is 463 g/mol. The number of carbonyl (C=O) groups excluding carboxylic acids is 1. The van der Waals surface area contributed by atoms with Crippen LogP contribution in [0.1, 0.15) is 30.5 Å². The Balaban J connectivity index is 1.25. The van der Waals surface area contributed by atoms with Crippen molar-refractivity contribution in [1.82, 2.24) is 9.80 Å². The van der Waals surface area contributed by atoms with Crippen LogP contribution in [0.4, 0.5) is 0 Å². The van der Waals surface area contributed by atoms with Crippen LogP contribution in [0.15, 0.2) is 78.9 Å². The molecular weight excluding hydrogens is 432 g/mol. The molecule has 0 bridgehead atoms. The third-order valence-corrected chi connectivity index (χ3v) is 6.73. The molecular formula is C28H31ClN2O2. The van der Waals surface area contributed by atoms with E-state index in [4.69, 9.17) is 16.3 Å². The van der Waals surface area contributed by atoms with Gasteiger partial charge in [-0.1, -0.05) is 80.0 Å². The van der Waals surface area contributed by atoms with Gasteiger partial charge in [0, 0.05) is 43.2 Å². The van der Waals surface area contributed by atoms with Gasteiger partial charge in [0.15, 0.2) is 6.61 Å². The van der Waals surface area contributed by atoms with E-state index in [0.29, 0.717) is 0 Å². The van der Waals surface area contributed by atoms with Gasteiger partial charge in [0.1, 0.15) is 5.75 Å². The maximum atomic E-state index is 12.7. The standard InChI is InChI=1S/C28H31ClN2O2/c1-28(2,23-6-4-3-5-7-23)24-10-14-26(15-11-24)33-21-27(32)31-18-16-30(17-19-31)20-22-8-12-25(29)13-9-22/h3-15H,16-21H2,1-2H3. The minimum atomic E-state index is -0.0959. The minimum Gasteiger partial charge on any atom is -0.484 e. The summed E-state index contributed by atoms with van der Waals surface area (Å²) in [6.45, 7) is 8.54. The molecule has 0 aliphatic carbocycles. The number of hydrogen-bond acceptors (Lipinski definition) is 3. The number of rotatable bonds is 7. The summed E-state index contributed by atoms with van der Waals surface area (Å²) < 4.78 is 5.81. The summed E-state index contributed by atoms with van der Waals surface area (Å²) in [6.07, 6.45) is 0. The maximum absolute atomic E-state index is 12.7.